The molecule has 2 aliphatic rings. The van der Waals surface area contributed by atoms with E-state index in [1.54, 1.807) is 43.4 Å². The Morgan fingerprint density at radius 1 is 1.21 bits per heavy atom. The van der Waals surface area contributed by atoms with E-state index in [0.717, 1.165) is 5.56 Å². The average molecular weight is 445 g/mol. The fourth-order valence-electron chi connectivity index (χ4n) is 4.11. The van der Waals surface area contributed by atoms with Gasteiger partial charge in [0.15, 0.2) is 0 Å². The Labute approximate surface area is 188 Å². The third kappa shape index (κ3) is 3.30. The maximum Gasteiger partial charge on any atom is 0.323 e. The highest BCUT2D eigenvalue weighted by atomic mass is 16.5. The number of carbonyl (C=O) groups is 3. The molecule has 3 heterocycles. The number of imide groups is 1. The van der Waals surface area contributed by atoms with Crippen molar-refractivity contribution in [2.45, 2.75) is 12.1 Å². The standard InChI is InChI=1S/C23H19N5O5/c1-27-18-9-13(3-6-16(18)19(29)26-27)7-8-23(21(31)24-22(32)25-23)12-28-11-14-4-5-15(33-2)10-17(14)20(28)30/h3-6,9-10H,11-12H2,1-2H3,(H,26,29)(H2,24,25,31,32)/t23-/m1/s1. The van der Waals surface area contributed by atoms with Gasteiger partial charge in [0.1, 0.15) is 5.75 Å². The molecular weight excluding hydrogens is 426 g/mol. The number of urea groups is 1. The number of fused-ring (bicyclic) bond motifs is 2. The summed E-state index contributed by atoms with van der Waals surface area (Å²) in [6.45, 7) is 0.160. The summed E-state index contributed by atoms with van der Waals surface area (Å²) in [7, 11) is 3.21. The molecule has 166 valence electrons. The van der Waals surface area contributed by atoms with Gasteiger partial charge in [-0.25, -0.2) is 4.79 Å². The number of aryl methyl sites for hydroxylation is 1. The van der Waals surface area contributed by atoms with Gasteiger partial charge in [-0.05, 0) is 35.9 Å². The van der Waals surface area contributed by atoms with Crippen LogP contribution in [0, 0.1) is 11.8 Å². The molecule has 0 aliphatic carbocycles. The molecule has 1 atom stereocenters. The molecule has 4 amide bonds. The first kappa shape index (κ1) is 20.4. The molecule has 1 saturated heterocycles. The highest BCUT2D eigenvalue weighted by Crippen LogP contribution is 2.29. The van der Waals surface area contributed by atoms with Crippen molar-refractivity contribution < 1.29 is 24.2 Å². The number of rotatable bonds is 3. The van der Waals surface area contributed by atoms with E-state index in [0.29, 0.717) is 27.8 Å². The third-order valence-corrected chi connectivity index (χ3v) is 5.82. The molecule has 0 radical (unpaired) electrons. The Balaban J connectivity index is 1.48. The predicted octanol–water partition coefficient (Wildman–Crippen LogP) is 0.873. The molecule has 3 aromatic rings. The molecule has 2 aliphatic heterocycles. The number of methoxy groups -OCH3 is 1. The number of hydrogen-bond acceptors (Lipinski definition) is 6. The Morgan fingerprint density at radius 3 is 2.76 bits per heavy atom. The molecule has 2 aromatic carbocycles. The zero-order valence-corrected chi connectivity index (χ0v) is 17.8. The zero-order valence-electron chi connectivity index (χ0n) is 17.8. The number of aromatic nitrogens is 2. The Kier molecular flexibility index (Phi) is 4.49. The van der Waals surface area contributed by atoms with Gasteiger partial charge < -0.3 is 20.1 Å². The lowest BCUT2D eigenvalue weighted by molar-refractivity contribution is -0.122. The molecule has 1 aromatic heterocycles. The summed E-state index contributed by atoms with van der Waals surface area (Å²) in [5.74, 6) is 5.38. The van der Waals surface area contributed by atoms with Crippen LogP contribution in [0.5, 0.6) is 11.6 Å². The van der Waals surface area contributed by atoms with Gasteiger partial charge in [0.25, 0.3) is 11.8 Å². The summed E-state index contributed by atoms with van der Waals surface area (Å²) in [6, 6.07) is 9.63. The van der Waals surface area contributed by atoms with Crippen LogP contribution in [0.4, 0.5) is 4.79 Å². The Bertz CT molecular complexity index is 1420. The monoisotopic (exact) mass is 445 g/mol. The van der Waals surface area contributed by atoms with Crippen molar-refractivity contribution >= 4 is 28.7 Å². The summed E-state index contributed by atoms with van der Waals surface area (Å²) in [6.07, 6.45) is 0. The topological polar surface area (TPSA) is 126 Å². The van der Waals surface area contributed by atoms with E-state index in [2.05, 4.69) is 27.6 Å². The van der Waals surface area contributed by atoms with Gasteiger partial charge in [-0.3, -0.25) is 19.6 Å². The van der Waals surface area contributed by atoms with Crippen molar-refractivity contribution in [3.63, 3.8) is 0 Å². The van der Waals surface area contributed by atoms with Gasteiger partial charge in [0, 0.05) is 24.7 Å². The molecule has 10 nitrogen and oxygen atoms in total. The van der Waals surface area contributed by atoms with E-state index < -0.39 is 17.5 Å². The number of amides is 4. The quantitative estimate of drug-likeness (QED) is 0.406. The van der Waals surface area contributed by atoms with Gasteiger partial charge in [0.05, 0.1) is 24.6 Å². The number of aromatic hydroxyl groups is 1. The minimum Gasteiger partial charge on any atom is -0.497 e. The van der Waals surface area contributed by atoms with Crippen molar-refractivity contribution in [3.05, 3.63) is 53.1 Å². The van der Waals surface area contributed by atoms with Gasteiger partial charge >= 0.3 is 6.03 Å². The Hall–Kier alpha value is -4.52. The third-order valence-electron chi connectivity index (χ3n) is 5.82. The summed E-state index contributed by atoms with van der Waals surface area (Å²) in [5, 5.41) is 19.2. The minimum atomic E-state index is -1.61. The lowest BCUT2D eigenvalue weighted by Gasteiger charge is -2.26. The first-order chi connectivity index (χ1) is 15.8. The van der Waals surface area contributed by atoms with Crippen molar-refractivity contribution in [1.29, 1.82) is 0 Å². The number of nitrogens with zero attached hydrogens (tertiary/aromatic N) is 3. The number of hydrogen-bond donors (Lipinski definition) is 3. The van der Waals surface area contributed by atoms with Crippen molar-refractivity contribution in [2.24, 2.45) is 7.05 Å². The van der Waals surface area contributed by atoms with E-state index in [9.17, 15) is 19.5 Å². The molecule has 1 fully saturated rings. The van der Waals surface area contributed by atoms with E-state index >= 15 is 0 Å². The maximum atomic E-state index is 13.0. The summed E-state index contributed by atoms with van der Waals surface area (Å²) >= 11 is 0. The first-order valence-corrected chi connectivity index (χ1v) is 10.1. The van der Waals surface area contributed by atoms with E-state index in [1.807, 2.05) is 0 Å². The number of benzene rings is 2. The SMILES string of the molecule is COc1ccc2c(c1)C(=O)N(C[C@@]1(C#Cc3ccc4c(O)nn(C)c4c3)NC(=O)NC1=O)C2. The minimum absolute atomic E-state index is 0.0883. The van der Waals surface area contributed by atoms with Gasteiger partial charge in [-0.15, -0.1) is 5.10 Å². The second-order valence-corrected chi connectivity index (χ2v) is 7.93. The normalized spacial score (nSPS) is 19.2. The highest BCUT2D eigenvalue weighted by molar-refractivity contribution is 6.10. The van der Waals surface area contributed by atoms with Gasteiger partial charge in [0.2, 0.25) is 11.4 Å². The first-order valence-electron chi connectivity index (χ1n) is 10.1. The van der Waals surface area contributed by atoms with E-state index in [-0.39, 0.29) is 24.9 Å². The van der Waals surface area contributed by atoms with E-state index in [4.69, 9.17) is 4.74 Å². The summed E-state index contributed by atoms with van der Waals surface area (Å²) < 4.78 is 6.72. The maximum absolute atomic E-state index is 13.0. The zero-order chi connectivity index (χ0) is 23.3. The summed E-state index contributed by atoms with van der Waals surface area (Å²) in [5.41, 5.74) is 0.897. The molecule has 0 bridgehead atoms. The number of ether oxygens (including phenoxy) is 1. The molecule has 0 saturated carbocycles. The van der Waals surface area contributed by atoms with Crippen LogP contribution >= 0.6 is 0 Å². The van der Waals surface area contributed by atoms with Crippen LogP contribution in [-0.4, -0.2) is 56.8 Å². The van der Waals surface area contributed by atoms with Crippen molar-refractivity contribution in [3.8, 4) is 23.5 Å². The van der Waals surface area contributed by atoms with Gasteiger partial charge in [-0.2, -0.15) is 0 Å². The van der Waals surface area contributed by atoms with Crippen LogP contribution in [0.15, 0.2) is 36.4 Å². The molecule has 33 heavy (non-hydrogen) atoms. The molecule has 3 N–H and O–H groups in total. The molecule has 0 spiro atoms. The van der Waals surface area contributed by atoms with Crippen LogP contribution in [0.2, 0.25) is 0 Å². The van der Waals surface area contributed by atoms with Crippen LogP contribution < -0.4 is 15.4 Å². The second-order valence-electron chi connectivity index (χ2n) is 7.93. The van der Waals surface area contributed by atoms with Crippen LogP contribution in [0.1, 0.15) is 21.5 Å². The largest absolute Gasteiger partial charge is 0.497 e. The van der Waals surface area contributed by atoms with E-state index in [1.165, 1.54) is 16.7 Å². The molecule has 10 heteroatoms. The van der Waals surface area contributed by atoms with Crippen LogP contribution in [0.25, 0.3) is 10.9 Å². The fourth-order valence-corrected chi connectivity index (χ4v) is 4.11. The van der Waals surface area contributed by atoms with Crippen molar-refractivity contribution in [2.75, 3.05) is 13.7 Å². The average Bonchev–Trinajstić information content (AvgIpc) is 3.37. The lowest BCUT2D eigenvalue weighted by atomic mass is 9.99. The van der Waals surface area contributed by atoms with Crippen molar-refractivity contribution in [1.82, 2.24) is 25.3 Å². The van der Waals surface area contributed by atoms with Crippen LogP contribution in [-0.2, 0) is 18.4 Å². The molecule has 0 unspecified atom stereocenters. The second kappa shape index (κ2) is 7.27. The summed E-state index contributed by atoms with van der Waals surface area (Å²) in [4.78, 5) is 39.2. The number of carbonyl (C=O) groups excluding carboxylic acids is 3. The molecule has 5 rings (SSSR count). The fraction of sp³-hybridized carbons (Fsp3) is 0.217. The highest BCUT2D eigenvalue weighted by Gasteiger charge is 2.48. The molecular formula is C23H19N5O5. The predicted molar refractivity (Wildman–Crippen MR) is 116 cm³/mol. The Morgan fingerprint density at radius 2 is 2.03 bits per heavy atom. The smallest absolute Gasteiger partial charge is 0.323 e. The van der Waals surface area contributed by atoms with Gasteiger partial charge in [-0.1, -0.05) is 17.9 Å². The lowest BCUT2D eigenvalue weighted by Crippen LogP contribution is -2.54. The number of nitrogens with one attached hydrogen (secondary N) is 2. The van der Waals surface area contributed by atoms with Crippen LogP contribution in [0.3, 0.4) is 0 Å².